The summed E-state index contributed by atoms with van der Waals surface area (Å²) in [5, 5.41) is 16.1. The van der Waals surface area contributed by atoms with E-state index in [1.54, 1.807) is 0 Å². The van der Waals surface area contributed by atoms with Crippen molar-refractivity contribution in [3.63, 3.8) is 0 Å². The molecule has 4 aromatic rings. The minimum Gasteiger partial charge on any atom is -0.370 e. The van der Waals surface area contributed by atoms with Crippen molar-refractivity contribution in [1.29, 1.82) is 0 Å². The number of aromatic nitrogens is 6. The third-order valence-electron chi connectivity index (χ3n) is 8.72. The van der Waals surface area contributed by atoms with Crippen molar-refractivity contribution in [3.05, 3.63) is 54.8 Å². The Morgan fingerprint density at radius 2 is 1.87 bits per heavy atom. The van der Waals surface area contributed by atoms with Gasteiger partial charge in [0.15, 0.2) is 0 Å². The molecule has 4 aromatic heterocycles. The predicted octanol–water partition coefficient (Wildman–Crippen LogP) is 4.81. The van der Waals surface area contributed by atoms with Gasteiger partial charge in [-0.2, -0.15) is 5.10 Å². The Morgan fingerprint density at radius 3 is 2.58 bits per heavy atom. The summed E-state index contributed by atoms with van der Waals surface area (Å²) in [6.45, 7) is 4.56. The van der Waals surface area contributed by atoms with Gasteiger partial charge in [-0.1, -0.05) is 6.08 Å². The highest BCUT2D eigenvalue weighted by Crippen LogP contribution is 2.40. The summed E-state index contributed by atoms with van der Waals surface area (Å²) in [5.41, 5.74) is 7.42. The molecule has 9 heteroatoms. The van der Waals surface area contributed by atoms with Crippen LogP contribution in [0, 0.1) is 5.41 Å². The van der Waals surface area contributed by atoms with Gasteiger partial charge >= 0.3 is 0 Å². The first-order chi connectivity index (χ1) is 18.7. The van der Waals surface area contributed by atoms with E-state index in [-0.39, 0.29) is 0 Å². The second kappa shape index (κ2) is 9.54. The van der Waals surface area contributed by atoms with E-state index in [2.05, 4.69) is 50.0 Å². The molecule has 1 aliphatic carbocycles. The van der Waals surface area contributed by atoms with Crippen molar-refractivity contribution in [2.75, 3.05) is 36.4 Å². The van der Waals surface area contributed by atoms with Gasteiger partial charge in [0.25, 0.3) is 0 Å². The van der Waals surface area contributed by atoms with Crippen LogP contribution in [-0.4, -0.2) is 55.5 Å². The smallest absolute Gasteiger partial charge is 0.246 e. The summed E-state index contributed by atoms with van der Waals surface area (Å²) in [6, 6.07) is 6.36. The molecule has 2 N–H and O–H groups in total. The van der Waals surface area contributed by atoms with E-state index in [1.165, 1.54) is 56.5 Å². The number of fused-ring (bicyclic) bond motifs is 1. The highest BCUT2D eigenvalue weighted by Gasteiger charge is 2.35. The molecule has 7 rings (SSSR count). The third-order valence-corrected chi connectivity index (χ3v) is 8.72. The maximum absolute atomic E-state index is 4.90. The van der Waals surface area contributed by atoms with Crippen LogP contribution < -0.4 is 15.5 Å². The Labute approximate surface area is 223 Å². The predicted molar refractivity (Wildman–Crippen MR) is 151 cm³/mol. The molecule has 2 aliphatic heterocycles. The van der Waals surface area contributed by atoms with Gasteiger partial charge in [-0.3, -0.25) is 4.68 Å². The Hall–Kier alpha value is -3.72. The number of anilines is 3. The van der Waals surface area contributed by atoms with Crippen LogP contribution in [-0.2, 0) is 7.05 Å². The van der Waals surface area contributed by atoms with Gasteiger partial charge in [0.1, 0.15) is 5.82 Å². The number of hydrogen-bond donors (Lipinski definition) is 2. The molecule has 9 nitrogen and oxygen atoms in total. The lowest BCUT2D eigenvalue weighted by Crippen LogP contribution is -2.45. The lowest BCUT2D eigenvalue weighted by atomic mass is 9.71. The Morgan fingerprint density at radius 1 is 1.00 bits per heavy atom. The molecule has 0 unspecified atom stereocenters. The van der Waals surface area contributed by atoms with Crippen LogP contribution in [0.2, 0.25) is 0 Å². The van der Waals surface area contributed by atoms with Crippen molar-refractivity contribution in [2.24, 2.45) is 12.5 Å². The van der Waals surface area contributed by atoms with Crippen LogP contribution in [0.25, 0.3) is 22.2 Å². The molecule has 0 radical (unpaired) electrons. The first-order valence-corrected chi connectivity index (χ1v) is 13.9. The van der Waals surface area contributed by atoms with Crippen LogP contribution in [0.1, 0.15) is 50.6 Å². The fourth-order valence-corrected chi connectivity index (χ4v) is 6.46. The zero-order valence-electron chi connectivity index (χ0n) is 22.0. The zero-order valence-corrected chi connectivity index (χ0v) is 22.0. The van der Waals surface area contributed by atoms with Gasteiger partial charge in [0.05, 0.1) is 35.5 Å². The number of pyridine rings is 1. The van der Waals surface area contributed by atoms with Crippen LogP contribution in [0.3, 0.4) is 0 Å². The standard InChI is InChI=1S/C29H35N9/c1-36-20-22(17-33-36)25-16-24-19-32-28(35-38(24)27(25)21-4-2-3-5-21)34-26-7-6-23(18-31-26)37-14-10-29(11-15-37)8-12-30-13-9-29/h4,6-7,16-20,30H,2-3,5,8-15H2,1H3,(H,31,34,35). The molecule has 0 bridgehead atoms. The van der Waals surface area contributed by atoms with E-state index >= 15 is 0 Å². The summed E-state index contributed by atoms with van der Waals surface area (Å²) in [4.78, 5) is 11.8. The summed E-state index contributed by atoms with van der Waals surface area (Å²) in [6.07, 6.45) is 18.7. The minimum atomic E-state index is 0.539. The Balaban J connectivity index is 1.11. The van der Waals surface area contributed by atoms with E-state index < -0.39 is 0 Å². The number of allylic oxidation sites excluding steroid dienone is 2. The van der Waals surface area contributed by atoms with Crippen LogP contribution in [0.4, 0.5) is 17.5 Å². The second-order valence-corrected chi connectivity index (χ2v) is 11.1. The molecule has 3 aliphatic rings. The van der Waals surface area contributed by atoms with E-state index in [0.29, 0.717) is 11.4 Å². The van der Waals surface area contributed by atoms with Crippen molar-refractivity contribution in [3.8, 4) is 11.1 Å². The quantitative estimate of drug-likeness (QED) is 0.399. The van der Waals surface area contributed by atoms with Gasteiger partial charge in [-0.05, 0) is 87.2 Å². The van der Waals surface area contributed by atoms with Gasteiger partial charge in [0.2, 0.25) is 5.95 Å². The molecular formula is C29H35N9. The lowest BCUT2D eigenvalue weighted by Gasteiger charge is -2.45. The van der Waals surface area contributed by atoms with E-state index in [1.807, 2.05) is 40.9 Å². The van der Waals surface area contributed by atoms with Crippen LogP contribution >= 0.6 is 0 Å². The SMILES string of the molecule is Cn1cc(-c2cc3cnc(Nc4ccc(N5CCC6(CCNCC6)CC5)cn4)nn3c2C2=CCCC2)cn1. The molecule has 0 aromatic carbocycles. The summed E-state index contributed by atoms with van der Waals surface area (Å²) >= 11 is 0. The fraction of sp³-hybridized carbons (Fsp3) is 0.448. The first kappa shape index (κ1) is 23.4. The third kappa shape index (κ3) is 4.34. The number of nitrogens with one attached hydrogen (secondary N) is 2. The maximum atomic E-state index is 4.90. The van der Waals surface area contributed by atoms with Crippen LogP contribution in [0.5, 0.6) is 0 Å². The molecule has 6 heterocycles. The van der Waals surface area contributed by atoms with Crippen LogP contribution in [0.15, 0.2) is 49.1 Å². The van der Waals surface area contributed by atoms with Crippen molar-refractivity contribution < 1.29 is 0 Å². The molecule has 2 saturated heterocycles. The average Bonchev–Trinajstić information content (AvgIpc) is 3.70. The summed E-state index contributed by atoms with van der Waals surface area (Å²) in [7, 11) is 1.95. The lowest BCUT2D eigenvalue weighted by molar-refractivity contribution is 0.155. The molecule has 0 amide bonds. The highest BCUT2D eigenvalue weighted by molar-refractivity contribution is 5.84. The summed E-state index contributed by atoms with van der Waals surface area (Å²) < 4.78 is 3.86. The molecule has 0 saturated carbocycles. The van der Waals surface area contributed by atoms with Gasteiger partial charge in [0, 0.05) is 37.5 Å². The molecule has 2 fully saturated rings. The monoisotopic (exact) mass is 509 g/mol. The topological polar surface area (TPSA) is 88.2 Å². The van der Waals surface area contributed by atoms with E-state index in [9.17, 15) is 0 Å². The largest absolute Gasteiger partial charge is 0.370 e. The van der Waals surface area contributed by atoms with Gasteiger partial charge in [-0.15, -0.1) is 5.10 Å². The molecule has 1 spiro atoms. The molecular weight excluding hydrogens is 474 g/mol. The number of piperidine rings is 2. The number of hydrogen-bond acceptors (Lipinski definition) is 7. The maximum Gasteiger partial charge on any atom is 0.246 e. The minimum absolute atomic E-state index is 0.539. The van der Waals surface area contributed by atoms with E-state index in [0.717, 1.165) is 54.1 Å². The second-order valence-electron chi connectivity index (χ2n) is 11.1. The zero-order chi connectivity index (χ0) is 25.5. The van der Waals surface area contributed by atoms with Gasteiger partial charge in [-0.25, -0.2) is 14.5 Å². The number of aryl methyl sites for hydroxylation is 1. The molecule has 196 valence electrons. The van der Waals surface area contributed by atoms with Crippen molar-refractivity contribution in [1.82, 2.24) is 34.7 Å². The summed E-state index contributed by atoms with van der Waals surface area (Å²) in [5.74, 6) is 1.29. The highest BCUT2D eigenvalue weighted by atomic mass is 15.3. The fourth-order valence-electron chi connectivity index (χ4n) is 6.46. The normalized spacial score (nSPS) is 19.3. The van der Waals surface area contributed by atoms with Crippen molar-refractivity contribution >= 4 is 28.5 Å². The number of nitrogens with zero attached hydrogens (tertiary/aromatic N) is 7. The van der Waals surface area contributed by atoms with Gasteiger partial charge < -0.3 is 15.5 Å². The molecule has 38 heavy (non-hydrogen) atoms. The van der Waals surface area contributed by atoms with E-state index in [4.69, 9.17) is 10.1 Å². The average molecular weight is 510 g/mol. The molecule has 0 atom stereocenters. The Bertz CT molecular complexity index is 1460. The van der Waals surface area contributed by atoms with Crippen molar-refractivity contribution in [2.45, 2.75) is 44.9 Å². The first-order valence-electron chi connectivity index (χ1n) is 13.9. The number of rotatable bonds is 5. The Kier molecular flexibility index (Phi) is 5.88.